The highest BCUT2D eigenvalue weighted by Crippen LogP contribution is 2.34. The number of benzene rings is 2. The summed E-state index contributed by atoms with van der Waals surface area (Å²) in [6, 6.07) is 13.9. The molecule has 1 aliphatic heterocycles. The number of aliphatic hydroxyl groups excluding tert-OH is 1. The number of hydrogen-bond acceptors (Lipinski definition) is 5. The summed E-state index contributed by atoms with van der Waals surface area (Å²) < 4.78 is 13.1. The summed E-state index contributed by atoms with van der Waals surface area (Å²) in [7, 11) is 3.94. The van der Waals surface area contributed by atoms with Gasteiger partial charge in [0.2, 0.25) is 0 Å². The highest BCUT2D eigenvalue weighted by atomic mass is 32.1. The molecule has 0 spiro atoms. The van der Waals surface area contributed by atoms with Crippen LogP contribution in [-0.2, 0) is 0 Å². The average molecular weight is 394 g/mol. The predicted molar refractivity (Wildman–Crippen MR) is 113 cm³/mol. The van der Waals surface area contributed by atoms with Gasteiger partial charge in [0.05, 0.1) is 17.8 Å². The van der Waals surface area contributed by atoms with Gasteiger partial charge in [-0.25, -0.2) is 9.37 Å². The second kappa shape index (κ2) is 7.09. The zero-order chi connectivity index (χ0) is 19.8. The van der Waals surface area contributed by atoms with E-state index in [2.05, 4.69) is 4.98 Å². The van der Waals surface area contributed by atoms with E-state index in [9.17, 15) is 9.50 Å². The molecule has 2 N–H and O–H groups in total. The molecule has 7 heteroatoms. The zero-order valence-corrected chi connectivity index (χ0v) is 16.3. The van der Waals surface area contributed by atoms with Crippen LogP contribution in [0, 0.1) is 11.2 Å². The SMILES string of the molecule is CN(C)c1ccc(N2CC(O)=C(c3nc(-c4ccc(F)cc4)cs3)C2=N)cc1. The Kier molecular flexibility index (Phi) is 4.60. The van der Waals surface area contributed by atoms with Crippen LogP contribution in [0.2, 0.25) is 0 Å². The molecule has 0 aliphatic carbocycles. The van der Waals surface area contributed by atoms with Crippen LogP contribution >= 0.6 is 11.3 Å². The Morgan fingerprint density at radius 1 is 1.11 bits per heavy atom. The number of aliphatic hydroxyl groups is 1. The molecule has 0 bridgehead atoms. The molecule has 4 rings (SSSR count). The minimum absolute atomic E-state index is 0.127. The maximum Gasteiger partial charge on any atom is 0.139 e. The van der Waals surface area contributed by atoms with Crippen molar-refractivity contribution in [1.82, 2.24) is 4.98 Å². The highest BCUT2D eigenvalue weighted by Gasteiger charge is 2.31. The van der Waals surface area contributed by atoms with Gasteiger partial charge >= 0.3 is 0 Å². The summed E-state index contributed by atoms with van der Waals surface area (Å²) in [6.07, 6.45) is 0. The summed E-state index contributed by atoms with van der Waals surface area (Å²) in [5.41, 5.74) is 3.84. The van der Waals surface area contributed by atoms with Crippen molar-refractivity contribution in [3.8, 4) is 11.3 Å². The van der Waals surface area contributed by atoms with Crippen molar-refractivity contribution in [1.29, 1.82) is 5.41 Å². The third kappa shape index (κ3) is 3.25. The van der Waals surface area contributed by atoms with Crippen molar-refractivity contribution >= 4 is 34.1 Å². The molecular formula is C21H19FN4OS. The molecule has 1 aliphatic rings. The molecule has 2 heterocycles. The van der Waals surface area contributed by atoms with Crippen molar-refractivity contribution in [2.45, 2.75) is 0 Å². The van der Waals surface area contributed by atoms with E-state index in [1.54, 1.807) is 17.0 Å². The molecule has 0 saturated carbocycles. The van der Waals surface area contributed by atoms with Crippen LogP contribution in [0.4, 0.5) is 15.8 Å². The Hall–Kier alpha value is -3.19. The maximum absolute atomic E-state index is 13.1. The summed E-state index contributed by atoms with van der Waals surface area (Å²) >= 11 is 1.36. The van der Waals surface area contributed by atoms with E-state index in [1.807, 2.05) is 48.6 Å². The summed E-state index contributed by atoms with van der Waals surface area (Å²) in [4.78, 5) is 8.32. The fraction of sp³-hybridized carbons (Fsp3) is 0.143. The quantitative estimate of drug-likeness (QED) is 0.668. The van der Waals surface area contributed by atoms with Crippen LogP contribution in [0.1, 0.15) is 5.01 Å². The van der Waals surface area contributed by atoms with E-state index >= 15 is 0 Å². The molecule has 0 radical (unpaired) electrons. The number of nitrogens with one attached hydrogen (secondary N) is 1. The van der Waals surface area contributed by atoms with Gasteiger partial charge in [0.25, 0.3) is 0 Å². The van der Waals surface area contributed by atoms with Crippen LogP contribution in [0.15, 0.2) is 59.7 Å². The number of thiazole rings is 1. The first kappa shape index (κ1) is 18.2. The molecule has 142 valence electrons. The summed E-state index contributed by atoms with van der Waals surface area (Å²) in [5.74, 6) is 0.0462. The number of halogens is 1. The number of aromatic nitrogens is 1. The van der Waals surface area contributed by atoms with Gasteiger partial charge in [-0.2, -0.15) is 0 Å². The topological polar surface area (TPSA) is 63.5 Å². The molecule has 2 aromatic carbocycles. The van der Waals surface area contributed by atoms with Crippen LogP contribution in [0.3, 0.4) is 0 Å². The van der Waals surface area contributed by atoms with Gasteiger partial charge in [0.1, 0.15) is 22.4 Å². The molecule has 28 heavy (non-hydrogen) atoms. The molecular weight excluding hydrogens is 375 g/mol. The molecule has 0 atom stereocenters. The molecule has 3 aromatic rings. The lowest BCUT2D eigenvalue weighted by atomic mass is 10.2. The largest absolute Gasteiger partial charge is 0.510 e. The van der Waals surface area contributed by atoms with Gasteiger partial charge in [-0.15, -0.1) is 11.3 Å². The first-order valence-corrected chi connectivity index (χ1v) is 9.60. The van der Waals surface area contributed by atoms with E-state index in [4.69, 9.17) is 5.41 Å². The number of hydrogen-bond donors (Lipinski definition) is 2. The lowest BCUT2D eigenvalue weighted by molar-refractivity contribution is 0.411. The van der Waals surface area contributed by atoms with E-state index in [0.717, 1.165) is 16.9 Å². The standard InChI is InChI=1S/C21H19FN4OS/c1-25(2)15-7-9-16(10-8-15)26-11-18(27)19(20(26)23)21-24-17(12-28-21)13-3-5-14(22)6-4-13/h3-10,12,23,27H,11H2,1-2H3. The maximum atomic E-state index is 13.1. The van der Waals surface area contributed by atoms with Crippen LogP contribution in [0.25, 0.3) is 16.8 Å². The van der Waals surface area contributed by atoms with E-state index < -0.39 is 0 Å². The minimum atomic E-state index is -0.298. The first-order chi connectivity index (χ1) is 13.4. The van der Waals surface area contributed by atoms with Gasteiger partial charge in [-0.05, 0) is 48.5 Å². The molecule has 5 nitrogen and oxygen atoms in total. The highest BCUT2D eigenvalue weighted by molar-refractivity contribution is 7.11. The zero-order valence-electron chi connectivity index (χ0n) is 15.5. The van der Waals surface area contributed by atoms with Crippen LogP contribution < -0.4 is 9.80 Å². The van der Waals surface area contributed by atoms with Crippen molar-refractivity contribution in [3.63, 3.8) is 0 Å². The van der Waals surface area contributed by atoms with Gasteiger partial charge in [0.15, 0.2) is 0 Å². The first-order valence-electron chi connectivity index (χ1n) is 8.72. The van der Waals surface area contributed by atoms with E-state index in [1.165, 1.54) is 23.5 Å². The van der Waals surface area contributed by atoms with Crippen LogP contribution in [-0.4, -0.2) is 36.6 Å². The Bertz CT molecular complexity index is 1050. The van der Waals surface area contributed by atoms with Crippen molar-refractivity contribution < 1.29 is 9.50 Å². The van der Waals surface area contributed by atoms with Gasteiger partial charge in [-0.1, -0.05) is 0 Å². The van der Waals surface area contributed by atoms with Crippen molar-refractivity contribution in [2.24, 2.45) is 0 Å². The lowest BCUT2D eigenvalue weighted by Crippen LogP contribution is -2.26. The van der Waals surface area contributed by atoms with Gasteiger partial charge in [-0.3, -0.25) is 5.41 Å². The number of nitrogens with zero attached hydrogens (tertiary/aromatic N) is 3. The van der Waals surface area contributed by atoms with Crippen molar-refractivity contribution in [2.75, 3.05) is 30.4 Å². The Labute approximate surface area is 166 Å². The third-order valence-corrected chi connectivity index (χ3v) is 5.50. The Balaban J connectivity index is 1.60. The summed E-state index contributed by atoms with van der Waals surface area (Å²) in [5, 5.41) is 21.5. The molecule has 0 unspecified atom stereocenters. The second-order valence-corrected chi connectivity index (χ2v) is 7.57. The number of amidine groups is 1. The monoisotopic (exact) mass is 394 g/mol. The Morgan fingerprint density at radius 2 is 1.79 bits per heavy atom. The lowest BCUT2D eigenvalue weighted by Gasteiger charge is -2.20. The van der Waals surface area contributed by atoms with E-state index in [0.29, 0.717) is 16.3 Å². The molecule has 0 fully saturated rings. The average Bonchev–Trinajstić information content (AvgIpc) is 3.27. The summed E-state index contributed by atoms with van der Waals surface area (Å²) in [6.45, 7) is 0.237. The van der Waals surface area contributed by atoms with Crippen molar-refractivity contribution in [3.05, 3.63) is 70.5 Å². The second-order valence-electron chi connectivity index (χ2n) is 6.71. The predicted octanol–water partition coefficient (Wildman–Crippen LogP) is 4.78. The normalized spacial score (nSPS) is 14.1. The van der Waals surface area contributed by atoms with E-state index in [-0.39, 0.29) is 24.0 Å². The fourth-order valence-corrected chi connectivity index (χ4v) is 3.99. The molecule has 1 aromatic heterocycles. The molecule has 0 saturated heterocycles. The number of rotatable bonds is 4. The smallest absolute Gasteiger partial charge is 0.139 e. The Morgan fingerprint density at radius 3 is 2.43 bits per heavy atom. The fourth-order valence-electron chi connectivity index (χ4n) is 3.10. The molecule has 0 amide bonds. The third-order valence-electron chi connectivity index (χ3n) is 4.64. The van der Waals surface area contributed by atoms with Gasteiger partial charge in [0, 0.05) is 36.4 Å². The number of anilines is 2. The van der Waals surface area contributed by atoms with Gasteiger partial charge < -0.3 is 14.9 Å². The minimum Gasteiger partial charge on any atom is -0.510 e. The van der Waals surface area contributed by atoms with Crippen LogP contribution in [0.5, 0.6) is 0 Å².